The van der Waals surface area contributed by atoms with E-state index < -0.39 is 0 Å². The monoisotopic (exact) mass is 252 g/mol. The number of hydrogen-bond donors (Lipinski definition) is 1. The van der Waals surface area contributed by atoms with Crippen LogP contribution in [0.4, 0.5) is 0 Å². The summed E-state index contributed by atoms with van der Waals surface area (Å²) in [6.45, 7) is 15.3. The first-order valence-electron chi connectivity index (χ1n) is 7.74. The van der Waals surface area contributed by atoms with Crippen LogP contribution in [0, 0.1) is 11.3 Å². The summed E-state index contributed by atoms with van der Waals surface area (Å²) in [5.74, 6) is 1.02. The van der Waals surface area contributed by atoms with E-state index >= 15 is 0 Å². The molecule has 106 valence electrons. The highest BCUT2D eigenvalue weighted by atomic mass is 15.2. The quantitative estimate of drug-likeness (QED) is 0.748. The Morgan fingerprint density at radius 3 is 2.06 bits per heavy atom. The number of nitrogens with zero attached hydrogens (tertiary/aromatic N) is 1. The summed E-state index contributed by atoms with van der Waals surface area (Å²) < 4.78 is 0. The summed E-state index contributed by atoms with van der Waals surface area (Å²) in [4.78, 5) is 2.78. The predicted molar refractivity (Wildman–Crippen MR) is 78.9 cm³/mol. The number of hydrogen-bond acceptors (Lipinski definition) is 2. The molecule has 0 aromatic carbocycles. The molecule has 2 fully saturated rings. The minimum absolute atomic E-state index is 0.234. The summed E-state index contributed by atoms with van der Waals surface area (Å²) in [7, 11) is 0. The fourth-order valence-electron chi connectivity index (χ4n) is 2.52. The normalized spacial score (nSPS) is 21.7. The van der Waals surface area contributed by atoms with Crippen LogP contribution in [0.25, 0.3) is 0 Å². The van der Waals surface area contributed by atoms with Crippen LogP contribution in [0.1, 0.15) is 60.3 Å². The Morgan fingerprint density at radius 2 is 1.61 bits per heavy atom. The third-order valence-electron chi connectivity index (χ3n) is 3.98. The highest BCUT2D eigenvalue weighted by Gasteiger charge is 2.36. The average Bonchev–Trinajstić information content (AvgIpc) is 3.06. The van der Waals surface area contributed by atoms with Gasteiger partial charge in [-0.25, -0.2) is 0 Å². The van der Waals surface area contributed by atoms with E-state index in [1.165, 1.54) is 38.8 Å². The van der Waals surface area contributed by atoms with E-state index in [0.29, 0.717) is 5.41 Å². The van der Waals surface area contributed by atoms with Gasteiger partial charge in [0.25, 0.3) is 0 Å². The molecule has 2 rings (SSSR count). The molecule has 0 radical (unpaired) electrons. The maximum absolute atomic E-state index is 3.67. The molecule has 0 saturated heterocycles. The highest BCUT2D eigenvalue weighted by molar-refractivity contribution is 4.91. The third kappa shape index (κ3) is 5.27. The van der Waals surface area contributed by atoms with Crippen LogP contribution in [-0.2, 0) is 0 Å². The molecule has 0 unspecified atom stereocenters. The van der Waals surface area contributed by atoms with Gasteiger partial charge in [0, 0.05) is 31.2 Å². The first-order chi connectivity index (χ1) is 8.25. The van der Waals surface area contributed by atoms with E-state index in [0.717, 1.165) is 18.5 Å². The van der Waals surface area contributed by atoms with Crippen molar-refractivity contribution in [3.63, 3.8) is 0 Å². The van der Waals surface area contributed by atoms with Gasteiger partial charge in [-0.3, -0.25) is 4.90 Å². The maximum Gasteiger partial charge on any atom is 0.00967 e. The Morgan fingerprint density at radius 1 is 1.00 bits per heavy atom. The Bertz CT molecular complexity index is 269. The molecular weight excluding hydrogens is 220 g/mol. The van der Waals surface area contributed by atoms with E-state index in [1.54, 1.807) is 0 Å². The van der Waals surface area contributed by atoms with Crippen LogP contribution in [-0.4, -0.2) is 36.1 Å². The van der Waals surface area contributed by atoms with Crippen molar-refractivity contribution in [1.29, 1.82) is 0 Å². The third-order valence-corrected chi connectivity index (χ3v) is 3.98. The van der Waals surface area contributed by atoms with Gasteiger partial charge in [0.2, 0.25) is 0 Å². The van der Waals surface area contributed by atoms with E-state index in [4.69, 9.17) is 0 Å². The lowest BCUT2D eigenvalue weighted by Crippen LogP contribution is -2.47. The van der Waals surface area contributed by atoms with Crippen molar-refractivity contribution >= 4 is 0 Å². The summed E-state index contributed by atoms with van der Waals surface area (Å²) in [5.41, 5.74) is 0.614. The summed E-state index contributed by atoms with van der Waals surface area (Å²) in [6, 6.07) is 0.916. The summed E-state index contributed by atoms with van der Waals surface area (Å²) in [5, 5.41) is 3.67. The molecular formula is C16H32N2. The van der Waals surface area contributed by atoms with Crippen molar-refractivity contribution in [3.05, 3.63) is 0 Å². The second kappa shape index (κ2) is 5.13. The Balaban J connectivity index is 1.79. The highest BCUT2D eigenvalue weighted by Crippen LogP contribution is 2.36. The van der Waals surface area contributed by atoms with Gasteiger partial charge in [0.05, 0.1) is 0 Å². The molecule has 0 aliphatic heterocycles. The van der Waals surface area contributed by atoms with Crippen molar-refractivity contribution in [2.24, 2.45) is 11.3 Å². The molecule has 0 spiro atoms. The molecule has 0 bridgehead atoms. The molecule has 1 N–H and O–H groups in total. The van der Waals surface area contributed by atoms with Crippen LogP contribution in [0.2, 0.25) is 0 Å². The molecule has 0 aromatic heterocycles. The van der Waals surface area contributed by atoms with Gasteiger partial charge < -0.3 is 5.32 Å². The standard InChI is InChI=1S/C16H32N2/c1-15(2,3)17-11-16(4,5)12-18(14-8-9-14)10-13-6-7-13/h13-14,17H,6-12H2,1-5H3. The minimum atomic E-state index is 0.234. The van der Waals surface area contributed by atoms with E-state index in [2.05, 4.69) is 44.8 Å². The first-order valence-corrected chi connectivity index (χ1v) is 7.74. The van der Waals surface area contributed by atoms with Gasteiger partial charge in [-0.2, -0.15) is 0 Å². The largest absolute Gasteiger partial charge is 0.311 e. The van der Waals surface area contributed by atoms with Crippen LogP contribution in [0.5, 0.6) is 0 Å². The Kier molecular flexibility index (Phi) is 4.08. The van der Waals surface area contributed by atoms with Crippen molar-refractivity contribution < 1.29 is 0 Å². The molecule has 0 heterocycles. The summed E-state index contributed by atoms with van der Waals surface area (Å²) in [6.07, 6.45) is 5.83. The smallest absolute Gasteiger partial charge is 0.00967 e. The second-order valence-electron chi connectivity index (χ2n) is 8.37. The number of nitrogens with one attached hydrogen (secondary N) is 1. The minimum Gasteiger partial charge on any atom is -0.311 e. The van der Waals surface area contributed by atoms with Gasteiger partial charge in [-0.15, -0.1) is 0 Å². The molecule has 0 aromatic rings. The Labute approximate surface area is 114 Å². The van der Waals surface area contributed by atoms with E-state index in [-0.39, 0.29) is 5.54 Å². The van der Waals surface area contributed by atoms with Crippen LogP contribution < -0.4 is 5.32 Å². The van der Waals surface area contributed by atoms with E-state index in [9.17, 15) is 0 Å². The number of rotatable bonds is 7. The van der Waals surface area contributed by atoms with Crippen LogP contribution >= 0.6 is 0 Å². The van der Waals surface area contributed by atoms with Crippen molar-refractivity contribution in [1.82, 2.24) is 10.2 Å². The van der Waals surface area contributed by atoms with Gasteiger partial charge >= 0.3 is 0 Å². The Hall–Kier alpha value is -0.0800. The van der Waals surface area contributed by atoms with Gasteiger partial charge in [-0.1, -0.05) is 13.8 Å². The fourth-order valence-corrected chi connectivity index (χ4v) is 2.52. The van der Waals surface area contributed by atoms with Gasteiger partial charge in [-0.05, 0) is 57.8 Å². The molecule has 2 saturated carbocycles. The van der Waals surface area contributed by atoms with E-state index in [1.807, 2.05) is 0 Å². The maximum atomic E-state index is 3.67. The topological polar surface area (TPSA) is 15.3 Å². The molecule has 2 aliphatic rings. The van der Waals surface area contributed by atoms with Gasteiger partial charge in [0.1, 0.15) is 0 Å². The molecule has 0 atom stereocenters. The zero-order valence-corrected chi connectivity index (χ0v) is 13.1. The lowest BCUT2D eigenvalue weighted by Gasteiger charge is -2.35. The molecule has 18 heavy (non-hydrogen) atoms. The second-order valence-corrected chi connectivity index (χ2v) is 8.37. The fraction of sp³-hybridized carbons (Fsp3) is 1.00. The van der Waals surface area contributed by atoms with Crippen molar-refractivity contribution in [2.75, 3.05) is 19.6 Å². The zero-order chi connectivity index (χ0) is 13.4. The lowest BCUT2D eigenvalue weighted by molar-refractivity contribution is 0.153. The first kappa shape index (κ1) is 14.3. The van der Waals surface area contributed by atoms with Crippen LogP contribution in [0.3, 0.4) is 0 Å². The molecule has 2 heteroatoms. The SMILES string of the molecule is CC(C)(CNC(C)(C)C)CN(CC1CC1)C1CC1. The molecule has 0 amide bonds. The summed E-state index contributed by atoms with van der Waals surface area (Å²) >= 11 is 0. The van der Waals surface area contributed by atoms with Crippen molar-refractivity contribution in [2.45, 2.75) is 71.9 Å². The van der Waals surface area contributed by atoms with Crippen molar-refractivity contribution in [3.8, 4) is 0 Å². The molecule has 2 nitrogen and oxygen atoms in total. The average molecular weight is 252 g/mol. The molecule has 2 aliphatic carbocycles. The lowest BCUT2D eigenvalue weighted by atomic mass is 9.91. The van der Waals surface area contributed by atoms with Crippen LogP contribution in [0.15, 0.2) is 0 Å². The predicted octanol–water partition coefficient (Wildman–Crippen LogP) is 3.28. The van der Waals surface area contributed by atoms with Gasteiger partial charge in [0.15, 0.2) is 0 Å². The zero-order valence-electron chi connectivity index (χ0n) is 13.1.